The van der Waals surface area contributed by atoms with E-state index >= 15 is 0 Å². The largest absolute Gasteiger partial charge is 0.477 e. The molecule has 0 aliphatic carbocycles. The van der Waals surface area contributed by atoms with E-state index in [1.807, 2.05) is 9.80 Å². The molecule has 0 unspecified atom stereocenters. The molecule has 0 amide bonds. The molecule has 2 rings (SSSR count). The van der Waals surface area contributed by atoms with Gasteiger partial charge in [0.1, 0.15) is 11.4 Å². The average Bonchev–Trinajstić information content (AvgIpc) is 3.01. The zero-order valence-corrected chi connectivity index (χ0v) is 26.1. The van der Waals surface area contributed by atoms with Gasteiger partial charge in [0.15, 0.2) is 0 Å². The van der Waals surface area contributed by atoms with Crippen LogP contribution in [-0.2, 0) is 22.6 Å². The fraction of sp³-hybridized carbons (Fsp3) is 0.600. The molecule has 0 spiro atoms. The normalized spacial score (nSPS) is 12.2. The fourth-order valence-electron chi connectivity index (χ4n) is 4.30. The Balaban J connectivity index is 1.88. The lowest BCUT2D eigenvalue weighted by Crippen LogP contribution is -2.34. The van der Waals surface area contributed by atoms with E-state index in [9.17, 15) is 30.0 Å². The van der Waals surface area contributed by atoms with Crippen molar-refractivity contribution in [3.63, 3.8) is 0 Å². The first-order valence-electron chi connectivity index (χ1n) is 14.9. The summed E-state index contributed by atoms with van der Waals surface area (Å²) in [5, 5.41) is 37.5. The van der Waals surface area contributed by atoms with Gasteiger partial charge in [0.2, 0.25) is 0 Å². The highest BCUT2D eigenvalue weighted by Gasteiger charge is 2.15. The molecule has 2 heterocycles. The second-order valence-electron chi connectivity index (χ2n) is 10.1. The third kappa shape index (κ3) is 15.9. The summed E-state index contributed by atoms with van der Waals surface area (Å²) in [6.07, 6.45) is 3.01. The Morgan fingerprint density at radius 3 is 1.91 bits per heavy atom. The highest BCUT2D eigenvalue weighted by atomic mass is 32.2. The topological polar surface area (TPSA) is 192 Å². The monoisotopic (exact) mass is 637 g/mol. The number of thioether (sulfide) groups is 1. The van der Waals surface area contributed by atoms with E-state index in [1.54, 1.807) is 36.0 Å². The van der Waals surface area contributed by atoms with Crippen LogP contribution in [0.5, 0.6) is 0 Å². The number of hydrogen-bond acceptors (Lipinski definition) is 12. The summed E-state index contributed by atoms with van der Waals surface area (Å²) >= 11 is 1.80. The Kier molecular flexibility index (Phi) is 19.4. The standard InChI is InChI=1S/C30H47N5O8S/c31-10-2-1-3-19-44-23-26(43-18-14-35(12-16-37)21-25-7-5-9-28(33-25)30(40)41)22-42-17-13-34(11-15-36)20-24-6-4-8-27(32-24)29(38)39/h4-9,26,36-37H,1-3,10-23,31H2,(H,38,39)(H,40,41)/t26-/m0/s1. The van der Waals surface area contributed by atoms with Crippen LogP contribution in [-0.4, -0.2) is 136 Å². The summed E-state index contributed by atoms with van der Waals surface area (Å²) in [5.74, 6) is -0.433. The molecule has 44 heavy (non-hydrogen) atoms. The van der Waals surface area contributed by atoms with Crippen LogP contribution in [0.2, 0.25) is 0 Å². The first-order chi connectivity index (χ1) is 21.4. The fourth-order valence-corrected chi connectivity index (χ4v) is 5.33. The Bertz CT molecular complexity index is 1100. The molecule has 6 N–H and O–H groups in total. The lowest BCUT2D eigenvalue weighted by atomic mass is 10.2. The van der Waals surface area contributed by atoms with Gasteiger partial charge in [0, 0.05) is 45.0 Å². The Morgan fingerprint density at radius 1 is 0.818 bits per heavy atom. The van der Waals surface area contributed by atoms with Crippen LogP contribution in [0.15, 0.2) is 36.4 Å². The van der Waals surface area contributed by atoms with Gasteiger partial charge in [-0.05, 0) is 49.4 Å². The van der Waals surface area contributed by atoms with E-state index in [2.05, 4.69) is 9.97 Å². The zero-order chi connectivity index (χ0) is 32.0. The number of aliphatic hydroxyl groups excluding tert-OH is 2. The third-order valence-electron chi connectivity index (χ3n) is 6.57. The van der Waals surface area contributed by atoms with Crippen LogP contribution < -0.4 is 5.73 Å². The minimum absolute atomic E-state index is 0.0222. The lowest BCUT2D eigenvalue weighted by molar-refractivity contribution is -0.0175. The highest BCUT2D eigenvalue weighted by Crippen LogP contribution is 2.12. The van der Waals surface area contributed by atoms with Gasteiger partial charge < -0.3 is 35.6 Å². The molecule has 0 fully saturated rings. The van der Waals surface area contributed by atoms with Gasteiger partial charge in [-0.15, -0.1) is 0 Å². The van der Waals surface area contributed by atoms with Gasteiger partial charge in [0.05, 0.1) is 50.5 Å². The number of carbonyl (C=O) groups is 2. The van der Waals surface area contributed by atoms with Crippen molar-refractivity contribution < 1.29 is 39.5 Å². The number of aliphatic hydroxyl groups is 2. The van der Waals surface area contributed by atoms with Crippen LogP contribution >= 0.6 is 11.8 Å². The molecule has 0 saturated carbocycles. The summed E-state index contributed by atoms with van der Waals surface area (Å²) in [4.78, 5) is 34.8. The number of aromatic nitrogens is 2. The van der Waals surface area contributed by atoms with Crippen molar-refractivity contribution in [2.45, 2.75) is 38.5 Å². The highest BCUT2D eigenvalue weighted by molar-refractivity contribution is 7.99. The number of unbranched alkanes of at least 4 members (excludes halogenated alkanes) is 2. The van der Waals surface area contributed by atoms with Gasteiger partial charge >= 0.3 is 11.9 Å². The molecule has 0 aliphatic heterocycles. The summed E-state index contributed by atoms with van der Waals surface area (Å²) in [6, 6.07) is 9.71. The number of aromatic carboxylic acids is 2. The maximum atomic E-state index is 11.3. The lowest BCUT2D eigenvalue weighted by Gasteiger charge is -2.24. The summed E-state index contributed by atoms with van der Waals surface area (Å²) in [6.45, 7) is 4.34. The van der Waals surface area contributed by atoms with Gasteiger partial charge in [0.25, 0.3) is 0 Å². The number of nitrogens with two attached hydrogens (primary N) is 1. The van der Waals surface area contributed by atoms with Crippen LogP contribution in [0.3, 0.4) is 0 Å². The minimum atomic E-state index is -1.09. The van der Waals surface area contributed by atoms with E-state index in [-0.39, 0.29) is 30.7 Å². The number of nitrogens with zero attached hydrogens (tertiary/aromatic N) is 4. The van der Waals surface area contributed by atoms with Crippen molar-refractivity contribution >= 4 is 23.7 Å². The third-order valence-corrected chi connectivity index (χ3v) is 7.75. The van der Waals surface area contributed by atoms with Crippen LogP contribution in [0.25, 0.3) is 0 Å². The predicted molar refractivity (Wildman–Crippen MR) is 168 cm³/mol. The number of hydrogen-bond donors (Lipinski definition) is 5. The Labute approximate surface area is 263 Å². The number of carboxylic acid groups (broad SMARTS) is 2. The molecule has 0 radical (unpaired) electrons. The molecule has 0 bridgehead atoms. The number of ether oxygens (including phenoxy) is 2. The van der Waals surface area contributed by atoms with Crippen molar-refractivity contribution in [2.75, 3.05) is 77.3 Å². The smallest absolute Gasteiger partial charge is 0.354 e. The average molecular weight is 638 g/mol. The van der Waals surface area contributed by atoms with Gasteiger partial charge in [-0.1, -0.05) is 18.6 Å². The van der Waals surface area contributed by atoms with Crippen molar-refractivity contribution in [1.82, 2.24) is 19.8 Å². The Hall–Kier alpha value is -2.69. The van der Waals surface area contributed by atoms with Gasteiger partial charge in [-0.25, -0.2) is 19.6 Å². The van der Waals surface area contributed by atoms with E-state index in [4.69, 9.17) is 15.2 Å². The maximum Gasteiger partial charge on any atom is 0.354 e. The molecular formula is C30H47N5O8S. The molecular weight excluding hydrogens is 590 g/mol. The van der Waals surface area contributed by atoms with Crippen molar-refractivity contribution in [1.29, 1.82) is 0 Å². The number of rotatable bonds is 26. The van der Waals surface area contributed by atoms with Gasteiger partial charge in [-0.3, -0.25) is 9.80 Å². The van der Waals surface area contributed by atoms with Crippen LogP contribution in [0, 0.1) is 0 Å². The molecule has 246 valence electrons. The van der Waals surface area contributed by atoms with E-state index in [1.165, 1.54) is 12.1 Å². The molecule has 2 aromatic heterocycles. The first kappa shape index (κ1) is 37.5. The summed E-state index contributed by atoms with van der Waals surface area (Å²) in [5.41, 5.74) is 6.75. The second kappa shape index (κ2) is 22.8. The second-order valence-corrected chi connectivity index (χ2v) is 11.3. The number of pyridine rings is 2. The van der Waals surface area contributed by atoms with E-state index in [0.717, 1.165) is 30.8 Å². The van der Waals surface area contributed by atoms with Gasteiger partial charge in [-0.2, -0.15) is 11.8 Å². The maximum absolute atomic E-state index is 11.3. The molecule has 0 saturated heterocycles. The minimum Gasteiger partial charge on any atom is -0.477 e. The quantitative estimate of drug-likeness (QED) is 0.0931. The van der Waals surface area contributed by atoms with Crippen LogP contribution in [0.1, 0.15) is 51.6 Å². The first-order valence-corrected chi connectivity index (χ1v) is 16.0. The molecule has 2 aromatic rings. The zero-order valence-electron chi connectivity index (χ0n) is 25.3. The molecule has 14 heteroatoms. The predicted octanol–water partition coefficient (Wildman–Crippen LogP) is 1.43. The number of carboxylic acids is 2. The molecule has 0 aliphatic rings. The van der Waals surface area contributed by atoms with Crippen LogP contribution in [0.4, 0.5) is 0 Å². The van der Waals surface area contributed by atoms with E-state index < -0.39 is 11.9 Å². The molecule has 0 aromatic carbocycles. The molecule has 1 atom stereocenters. The SMILES string of the molecule is NCCCCCSC[C@H](COCCN(CCO)Cc1cccc(C(=O)O)n1)OCCN(CCO)Cc1cccc(C(=O)O)n1. The summed E-state index contributed by atoms with van der Waals surface area (Å²) < 4.78 is 12.2. The van der Waals surface area contributed by atoms with Crippen molar-refractivity contribution in [3.8, 4) is 0 Å². The van der Waals surface area contributed by atoms with Crippen molar-refractivity contribution in [3.05, 3.63) is 59.2 Å². The summed E-state index contributed by atoms with van der Waals surface area (Å²) in [7, 11) is 0. The Morgan fingerprint density at radius 2 is 1.39 bits per heavy atom. The van der Waals surface area contributed by atoms with Crippen molar-refractivity contribution in [2.24, 2.45) is 5.73 Å². The van der Waals surface area contributed by atoms with E-state index in [0.29, 0.717) is 77.0 Å². The molecule has 13 nitrogen and oxygen atoms in total.